The van der Waals surface area contributed by atoms with Crippen LogP contribution in [0.4, 0.5) is 0 Å². The number of ether oxygens (including phenoxy) is 2. The van der Waals surface area contributed by atoms with E-state index >= 15 is 0 Å². The Morgan fingerprint density at radius 3 is 2.37 bits per heavy atom. The van der Waals surface area contributed by atoms with Crippen LogP contribution in [0.1, 0.15) is 39.5 Å². The molecule has 0 aromatic carbocycles. The van der Waals surface area contributed by atoms with Gasteiger partial charge in [0.05, 0.1) is 25.4 Å². The standard InChI is InChI=1S/C20H28O7/c1-16(2)6-5-11(21)17-7-27-20(25,14(23)12(16)17)19-10(17)4-3-9(13(19)22)18(8-26-18)15(19)24/h9-14,21-23,25H,3-8H2,1-2H3/t9?,10?,11-,12?,13+,14-,17+,18+,19?,20-/m0/s1. The predicted octanol–water partition coefficient (Wildman–Crippen LogP) is -0.412. The number of Topliss-reactive ketones (excluding diaryl/α,β-unsaturated/α-hetero) is 1. The third-order valence-electron chi connectivity index (χ3n) is 9.58. The van der Waals surface area contributed by atoms with Crippen LogP contribution in [0, 0.1) is 34.0 Å². The minimum atomic E-state index is -2.15. The molecule has 7 aliphatic rings. The molecule has 10 atom stereocenters. The molecule has 7 heteroatoms. The molecule has 7 fully saturated rings. The van der Waals surface area contributed by atoms with Crippen LogP contribution >= 0.6 is 0 Å². The van der Waals surface area contributed by atoms with Crippen molar-refractivity contribution >= 4 is 5.78 Å². The molecule has 0 radical (unpaired) electrons. The molecular formula is C20H28O7. The smallest absolute Gasteiger partial charge is 0.208 e. The number of ketones is 1. The summed E-state index contributed by atoms with van der Waals surface area (Å²) in [5, 5.41) is 45.6. The van der Waals surface area contributed by atoms with Crippen LogP contribution < -0.4 is 0 Å². The summed E-state index contributed by atoms with van der Waals surface area (Å²) in [4.78, 5) is 13.7. The molecule has 3 saturated heterocycles. The highest BCUT2D eigenvalue weighted by Crippen LogP contribution is 2.78. The summed E-state index contributed by atoms with van der Waals surface area (Å²) in [6.07, 6.45) is -0.724. The fourth-order valence-electron chi connectivity index (χ4n) is 8.53. The first-order valence-electron chi connectivity index (χ1n) is 10.2. The van der Waals surface area contributed by atoms with Gasteiger partial charge < -0.3 is 29.9 Å². The Hall–Kier alpha value is -0.570. The summed E-state index contributed by atoms with van der Waals surface area (Å²) in [7, 11) is 0. The second-order valence-electron chi connectivity index (χ2n) is 10.6. The van der Waals surface area contributed by atoms with E-state index in [9.17, 15) is 25.2 Å². The van der Waals surface area contributed by atoms with E-state index in [4.69, 9.17) is 9.47 Å². The number of hydrogen-bond donors (Lipinski definition) is 4. The molecule has 150 valence electrons. The van der Waals surface area contributed by atoms with E-state index < -0.39 is 52.4 Å². The summed E-state index contributed by atoms with van der Waals surface area (Å²) in [6, 6.07) is 0. The zero-order valence-electron chi connectivity index (χ0n) is 15.7. The van der Waals surface area contributed by atoms with Crippen molar-refractivity contribution in [3.8, 4) is 0 Å². The lowest BCUT2D eigenvalue weighted by Gasteiger charge is -2.74. The van der Waals surface area contributed by atoms with Crippen molar-refractivity contribution in [2.75, 3.05) is 13.2 Å². The maximum atomic E-state index is 13.7. The van der Waals surface area contributed by atoms with Gasteiger partial charge in [-0.05, 0) is 37.0 Å². The molecule has 3 spiro atoms. The van der Waals surface area contributed by atoms with Gasteiger partial charge in [-0.1, -0.05) is 13.8 Å². The maximum absolute atomic E-state index is 13.7. The van der Waals surface area contributed by atoms with E-state index in [1.807, 2.05) is 0 Å². The molecule has 4 bridgehead atoms. The maximum Gasteiger partial charge on any atom is 0.208 e. The molecule has 4 unspecified atom stereocenters. The van der Waals surface area contributed by atoms with Gasteiger partial charge in [0.2, 0.25) is 5.79 Å². The van der Waals surface area contributed by atoms with Gasteiger partial charge in [-0.3, -0.25) is 4.79 Å². The predicted molar refractivity (Wildman–Crippen MR) is 90.2 cm³/mol. The van der Waals surface area contributed by atoms with Crippen molar-refractivity contribution in [3.05, 3.63) is 0 Å². The quantitative estimate of drug-likeness (QED) is 0.422. The van der Waals surface area contributed by atoms with Gasteiger partial charge in [-0.25, -0.2) is 0 Å². The molecule has 0 aromatic heterocycles. The van der Waals surface area contributed by atoms with Crippen LogP contribution in [0.5, 0.6) is 0 Å². The lowest BCUT2D eigenvalue weighted by Crippen LogP contribution is -2.85. The molecule has 3 heterocycles. The molecule has 4 N–H and O–H groups in total. The van der Waals surface area contributed by atoms with E-state index in [1.165, 1.54) is 0 Å². The minimum Gasteiger partial charge on any atom is -0.392 e. The summed E-state index contributed by atoms with van der Waals surface area (Å²) in [5.74, 6) is -3.71. The van der Waals surface area contributed by atoms with Gasteiger partial charge in [0.1, 0.15) is 11.5 Å². The summed E-state index contributed by atoms with van der Waals surface area (Å²) in [6.45, 7) is 4.45. The zero-order valence-corrected chi connectivity index (χ0v) is 15.7. The van der Waals surface area contributed by atoms with Gasteiger partial charge in [-0.15, -0.1) is 0 Å². The second kappa shape index (κ2) is 4.45. The van der Waals surface area contributed by atoms with Crippen LogP contribution in [0.3, 0.4) is 0 Å². The third-order valence-corrected chi connectivity index (χ3v) is 9.58. The molecule has 0 amide bonds. The number of carbonyl (C=O) groups excluding carboxylic acids is 1. The molecule has 7 nitrogen and oxygen atoms in total. The fraction of sp³-hybridized carbons (Fsp3) is 0.950. The summed E-state index contributed by atoms with van der Waals surface area (Å²) in [5.41, 5.74) is -3.86. The van der Waals surface area contributed by atoms with Crippen molar-refractivity contribution in [1.82, 2.24) is 0 Å². The number of epoxide rings is 1. The van der Waals surface area contributed by atoms with Crippen molar-refractivity contribution in [3.63, 3.8) is 0 Å². The number of rotatable bonds is 0. The third kappa shape index (κ3) is 1.41. The van der Waals surface area contributed by atoms with Crippen molar-refractivity contribution in [1.29, 1.82) is 0 Å². The first kappa shape index (κ1) is 17.3. The van der Waals surface area contributed by atoms with Crippen molar-refractivity contribution in [2.45, 2.75) is 69.2 Å². The van der Waals surface area contributed by atoms with Crippen LogP contribution in [-0.2, 0) is 14.3 Å². The Kier molecular flexibility index (Phi) is 2.85. The van der Waals surface area contributed by atoms with E-state index in [2.05, 4.69) is 13.8 Å². The highest BCUT2D eigenvalue weighted by molar-refractivity contribution is 6.00. The zero-order chi connectivity index (χ0) is 19.2. The van der Waals surface area contributed by atoms with E-state index in [1.54, 1.807) is 0 Å². The largest absolute Gasteiger partial charge is 0.392 e. The number of fused-ring (bicyclic) bond motifs is 3. The van der Waals surface area contributed by atoms with Gasteiger partial charge in [0.15, 0.2) is 11.4 Å². The summed E-state index contributed by atoms with van der Waals surface area (Å²) < 4.78 is 11.4. The Balaban J connectivity index is 1.64. The highest BCUT2D eigenvalue weighted by Gasteiger charge is 2.91. The SMILES string of the molecule is CC1(C)CC[C@H](O)[C@]23CO[C@@](O)([C@@H](O)C12)C12C(=O)[C@@]4(CO4)C(CCC13)[C@H]2O. The Morgan fingerprint density at radius 2 is 1.70 bits per heavy atom. The topological polar surface area (TPSA) is 120 Å². The van der Waals surface area contributed by atoms with Crippen molar-refractivity contribution < 1.29 is 34.7 Å². The normalized spacial score (nSPS) is 65.2. The lowest BCUT2D eigenvalue weighted by molar-refractivity contribution is -0.458. The van der Waals surface area contributed by atoms with Gasteiger partial charge in [0.25, 0.3) is 0 Å². The van der Waals surface area contributed by atoms with E-state index in [0.29, 0.717) is 19.3 Å². The number of aliphatic hydroxyl groups excluding tert-OH is 3. The van der Waals surface area contributed by atoms with E-state index in [0.717, 1.165) is 6.42 Å². The average Bonchev–Trinajstić information content (AvgIpc) is 3.40. The monoisotopic (exact) mass is 380 g/mol. The first-order chi connectivity index (χ1) is 12.6. The number of hydrogen-bond acceptors (Lipinski definition) is 7. The molecule has 27 heavy (non-hydrogen) atoms. The van der Waals surface area contributed by atoms with Gasteiger partial charge >= 0.3 is 0 Å². The molecular weight excluding hydrogens is 352 g/mol. The lowest BCUT2D eigenvalue weighted by atomic mass is 9.35. The average molecular weight is 380 g/mol. The van der Waals surface area contributed by atoms with Crippen LogP contribution in [0.15, 0.2) is 0 Å². The molecule has 4 saturated carbocycles. The van der Waals surface area contributed by atoms with Crippen LogP contribution in [0.2, 0.25) is 0 Å². The van der Waals surface area contributed by atoms with Gasteiger partial charge in [0, 0.05) is 17.3 Å². The first-order valence-corrected chi connectivity index (χ1v) is 10.2. The van der Waals surface area contributed by atoms with Crippen molar-refractivity contribution in [2.24, 2.45) is 34.0 Å². The minimum absolute atomic E-state index is 0.0980. The number of carbonyl (C=O) groups is 1. The molecule has 3 aliphatic heterocycles. The molecule has 0 aromatic rings. The number of aliphatic hydroxyl groups is 4. The van der Waals surface area contributed by atoms with Crippen LogP contribution in [0.25, 0.3) is 0 Å². The van der Waals surface area contributed by atoms with Crippen LogP contribution in [-0.4, -0.2) is 69.1 Å². The Labute approximate surface area is 157 Å². The van der Waals surface area contributed by atoms with Gasteiger partial charge in [-0.2, -0.15) is 0 Å². The van der Waals surface area contributed by atoms with E-state index in [-0.39, 0.29) is 30.3 Å². The Bertz CT molecular complexity index is 747. The fourth-order valence-corrected chi connectivity index (χ4v) is 8.53. The summed E-state index contributed by atoms with van der Waals surface area (Å²) >= 11 is 0. The molecule has 4 aliphatic carbocycles. The second-order valence-corrected chi connectivity index (χ2v) is 10.6. The highest BCUT2D eigenvalue weighted by atomic mass is 16.6. The molecule has 7 rings (SSSR count). The Morgan fingerprint density at radius 1 is 1.00 bits per heavy atom.